The highest BCUT2D eigenvalue weighted by Crippen LogP contribution is 2.19. The van der Waals surface area contributed by atoms with Crippen LogP contribution in [0.4, 0.5) is 5.69 Å². The van der Waals surface area contributed by atoms with Gasteiger partial charge in [0.2, 0.25) is 5.91 Å². The largest absolute Gasteiger partial charge is 0.478 e. The number of amides is 1. The molecule has 1 heterocycles. The Labute approximate surface area is 166 Å². The SMILES string of the molecule is CCn1c(Cc2ccccc2)nnc1SCC(=O)Nc1cccc(C(=O)O)c1. The zero-order chi connectivity index (χ0) is 19.9. The highest BCUT2D eigenvalue weighted by atomic mass is 32.2. The Balaban J connectivity index is 1.62. The van der Waals surface area contributed by atoms with Gasteiger partial charge in [0.1, 0.15) is 5.82 Å². The summed E-state index contributed by atoms with van der Waals surface area (Å²) < 4.78 is 2.00. The summed E-state index contributed by atoms with van der Waals surface area (Å²) in [5.74, 6) is -0.262. The Morgan fingerprint density at radius 1 is 1.11 bits per heavy atom. The van der Waals surface area contributed by atoms with Gasteiger partial charge >= 0.3 is 5.97 Å². The molecule has 0 fully saturated rings. The number of benzene rings is 2. The maximum absolute atomic E-state index is 12.2. The van der Waals surface area contributed by atoms with E-state index in [1.807, 2.05) is 41.8 Å². The van der Waals surface area contributed by atoms with Crippen LogP contribution in [0.25, 0.3) is 0 Å². The Hall–Kier alpha value is -3.13. The van der Waals surface area contributed by atoms with E-state index in [1.165, 1.54) is 23.9 Å². The molecule has 1 aromatic heterocycles. The number of hydrogen-bond donors (Lipinski definition) is 2. The number of nitrogens with one attached hydrogen (secondary N) is 1. The molecule has 7 nitrogen and oxygen atoms in total. The van der Waals surface area contributed by atoms with E-state index in [1.54, 1.807) is 12.1 Å². The van der Waals surface area contributed by atoms with E-state index in [2.05, 4.69) is 15.5 Å². The van der Waals surface area contributed by atoms with Crippen LogP contribution in [-0.2, 0) is 17.8 Å². The van der Waals surface area contributed by atoms with Crippen LogP contribution in [0.15, 0.2) is 59.8 Å². The Morgan fingerprint density at radius 3 is 2.61 bits per heavy atom. The number of carbonyl (C=O) groups excluding carboxylic acids is 1. The second-order valence-electron chi connectivity index (χ2n) is 6.03. The third-order valence-electron chi connectivity index (χ3n) is 4.04. The van der Waals surface area contributed by atoms with Crippen molar-refractivity contribution in [3.05, 3.63) is 71.5 Å². The second-order valence-corrected chi connectivity index (χ2v) is 6.97. The molecule has 0 atom stereocenters. The molecule has 0 bridgehead atoms. The summed E-state index contributed by atoms with van der Waals surface area (Å²) in [4.78, 5) is 23.2. The quantitative estimate of drug-likeness (QED) is 0.567. The van der Waals surface area contributed by atoms with E-state index < -0.39 is 5.97 Å². The molecule has 0 saturated carbocycles. The van der Waals surface area contributed by atoms with Crippen LogP contribution in [0.2, 0.25) is 0 Å². The second kappa shape index (κ2) is 9.18. The number of thioether (sulfide) groups is 1. The molecule has 0 aliphatic rings. The maximum atomic E-state index is 12.2. The molecule has 3 aromatic rings. The lowest BCUT2D eigenvalue weighted by Gasteiger charge is -2.08. The van der Waals surface area contributed by atoms with Gasteiger partial charge < -0.3 is 15.0 Å². The van der Waals surface area contributed by atoms with E-state index in [0.29, 0.717) is 23.8 Å². The molecule has 3 rings (SSSR count). The van der Waals surface area contributed by atoms with Crippen molar-refractivity contribution >= 4 is 29.3 Å². The van der Waals surface area contributed by atoms with Crippen molar-refractivity contribution in [2.45, 2.75) is 25.0 Å². The summed E-state index contributed by atoms with van der Waals surface area (Å²) in [7, 11) is 0. The van der Waals surface area contributed by atoms with Gasteiger partial charge in [0.15, 0.2) is 5.16 Å². The van der Waals surface area contributed by atoms with Gasteiger partial charge in [0, 0.05) is 18.7 Å². The minimum Gasteiger partial charge on any atom is -0.478 e. The lowest BCUT2D eigenvalue weighted by molar-refractivity contribution is -0.113. The fourth-order valence-electron chi connectivity index (χ4n) is 2.71. The number of nitrogens with zero attached hydrogens (tertiary/aromatic N) is 3. The fraction of sp³-hybridized carbons (Fsp3) is 0.200. The molecule has 2 aromatic carbocycles. The molecule has 2 N–H and O–H groups in total. The van der Waals surface area contributed by atoms with Gasteiger partial charge in [-0.05, 0) is 30.7 Å². The van der Waals surface area contributed by atoms with E-state index in [4.69, 9.17) is 5.11 Å². The third-order valence-corrected chi connectivity index (χ3v) is 5.01. The molecular formula is C20H20N4O3S. The molecule has 8 heteroatoms. The average Bonchev–Trinajstić information content (AvgIpc) is 3.08. The Morgan fingerprint density at radius 2 is 1.89 bits per heavy atom. The molecule has 0 aliphatic carbocycles. The molecule has 0 aliphatic heterocycles. The highest BCUT2D eigenvalue weighted by molar-refractivity contribution is 7.99. The van der Waals surface area contributed by atoms with Crippen molar-refractivity contribution < 1.29 is 14.7 Å². The van der Waals surface area contributed by atoms with Crippen LogP contribution in [0.1, 0.15) is 28.7 Å². The van der Waals surface area contributed by atoms with E-state index in [0.717, 1.165) is 11.4 Å². The minimum absolute atomic E-state index is 0.127. The highest BCUT2D eigenvalue weighted by Gasteiger charge is 2.14. The first kappa shape index (κ1) is 19.6. The molecule has 28 heavy (non-hydrogen) atoms. The van der Waals surface area contributed by atoms with E-state index >= 15 is 0 Å². The average molecular weight is 396 g/mol. The van der Waals surface area contributed by atoms with Crippen LogP contribution in [0.3, 0.4) is 0 Å². The minimum atomic E-state index is -1.03. The van der Waals surface area contributed by atoms with Gasteiger partial charge in [-0.2, -0.15) is 0 Å². The number of hydrogen-bond acceptors (Lipinski definition) is 5. The van der Waals surface area contributed by atoms with Crippen molar-refractivity contribution in [1.82, 2.24) is 14.8 Å². The zero-order valence-corrected chi connectivity index (χ0v) is 16.1. The smallest absolute Gasteiger partial charge is 0.335 e. The first-order valence-corrected chi connectivity index (χ1v) is 9.77. The van der Waals surface area contributed by atoms with Gasteiger partial charge in [-0.15, -0.1) is 10.2 Å². The molecular weight excluding hydrogens is 376 g/mol. The number of carbonyl (C=O) groups is 2. The summed E-state index contributed by atoms with van der Waals surface area (Å²) in [5, 5.41) is 20.9. The van der Waals surface area contributed by atoms with Crippen molar-refractivity contribution in [2.24, 2.45) is 0 Å². The molecule has 0 spiro atoms. The number of aromatic carboxylic acids is 1. The summed E-state index contributed by atoms with van der Waals surface area (Å²) >= 11 is 1.30. The van der Waals surface area contributed by atoms with Gasteiger partial charge in [-0.1, -0.05) is 48.2 Å². The number of anilines is 1. The molecule has 1 amide bonds. The zero-order valence-electron chi connectivity index (χ0n) is 15.3. The fourth-order valence-corrected chi connectivity index (χ4v) is 3.53. The first-order valence-electron chi connectivity index (χ1n) is 8.79. The standard InChI is InChI=1S/C20H20N4O3S/c1-2-24-17(11-14-7-4-3-5-8-14)22-23-20(24)28-13-18(25)21-16-10-6-9-15(12-16)19(26)27/h3-10,12H,2,11,13H2,1H3,(H,21,25)(H,26,27). The molecule has 0 radical (unpaired) electrons. The summed E-state index contributed by atoms with van der Waals surface area (Å²) in [6.07, 6.45) is 0.677. The predicted octanol–water partition coefficient (Wildman–Crippen LogP) is 3.32. The third kappa shape index (κ3) is 4.98. The van der Waals surface area contributed by atoms with Crippen molar-refractivity contribution in [1.29, 1.82) is 0 Å². The lowest BCUT2D eigenvalue weighted by Crippen LogP contribution is -2.15. The van der Waals surface area contributed by atoms with Crippen LogP contribution in [0.5, 0.6) is 0 Å². The van der Waals surface area contributed by atoms with E-state index in [-0.39, 0.29) is 17.2 Å². The number of carboxylic acid groups (broad SMARTS) is 1. The summed E-state index contributed by atoms with van der Waals surface area (Å²) in [6.45, 7) is 2.72. The topological polar surface area (TPSA) is 97.1 Å². The predicted molar refractivity (Wildman–Crippen MR) is 108 cm³/mol. The van der Waals surface area contributed by atoms with Gasteiger partial charge in [-0.25, -0.2) is 4.79 Å². The first-order chi connectivity index (χ1) is 13.6. The van der Waals surface area contributed by atoms with Crippen molar-refractivity contribution in [2.75, 3.05) is 11.1 Å². The van der Waals surface area contributed by atoms with Gasteiger partial charge in [0.25, 0.3) is 0 Å². The Bertz CT molecular complexity index is 973. The maximum Gasteiger partial charge on any atom is 0.335 e. The van der Waals surface area contributed by atoms with Crippen LogP contribution >= 0.6 is 11.8 Å². The van der Waals surface area contributed by atoms with Crippen LogP contribution < -0.4 is 5.32 Å². The molecule has 0 unspecified atom stereocenters. The number of carboxylic acids is 1. The number of aromatic nitrogens is 3. The molecule has 144 valence electrons. The van der Waals surface area contributed by atoms with Crippen LogP contribution in [-0.4, -0.2) is 37.5 Å². The number of rotatable bonds is 8. The van der Waals surface area contributed by atoms with Crippen LogP contribution in [0, 0.1) is 0 Å². The van der Waals surface area contributed by atoms with E-state index in [9.17, 15) is 9.59 Å². The summed E-state index contributed by atoms with van der Waals surface area (Å²) in [6, 6.07) is 16.2. The normalized spacial score (nSPS) is 10.6. The lowest BCUT2D eigenvalue weighted by atomic mass is 10.1. The monoisotopic (exact) mass is 396 g/mol. The summed E-state index contributed by atoms with van der Waals surface area (Å²) in [5.41, 5.74) is 1.73. The van der Waals surface area contributed by atoms with Gasteiger partial charge in [0.05, 0.1) is 11.3 Å². The molecule has 0 saturated heterocycles. The van der Waals surface area contributed by atoms with Crippen molar-refractivity contribution in [3.8, 4) is 0 Å². The van der Waals surface area contributed by atoms with Crippen molar-refractivity contribution in [3.63, 3.8) is 0 Å². The Kier molecular flexibility index (Phi) is 6.44. The van der Waals surface area contributed by atoms with Gasteiger partial charge in [-0.3, -0.25) is 4.79 Å².